The third-order valence-corrected chi connectivity index (χ3v) is 4.98. The van der Waals surface area contributed by atoms with Crippen LogP contribution in [0.25, 0.3) is 0 Å². The zero-order valence-corrected chi connectivity index (χ0v) is 10.9. The highest BCUT2D eigenvalue weighted by molar-refractivity contribution is 8.17. The van der Waals surface area contributed by atoms with Gasteiger partial charge in [-0.2, -0.15) is 34.8 Å². The third-order valence-electron chi connectivity index (χ3n) is 1.39. The second kappa shape index (κ2) is 6.57. The van der Waals surface area contributed by atoms with E-state index in [-0.39, 0.29) is 0 Å². The zero-order valence-electron chi connectivity index (χ0n) is 8.45. The largest absolute Gasteiger partial charge is 0.522 e. The Kier molecular flexibility index (Phi) is 6.64. The van der Waals surface area contributed by atoms with E-state index in [4.69, 9.17) is 13.0 Å². The van der Waals surface area contributed by atoms with Gasteiger partial charge in [0.2, 0.25) is 0 Å². The molecular weight excluding hydrogens is 330 g/mol. The molecule has 1 aliphatic rings. The van der Waals surface area contributed by atoms with E-state index in [2.05, 4.69) is 0 Å². The lowest BCUT2D eigenvalue weighted by atomic mass is 10.6. The maximum Gasteiger partial charge on any atom is 0.522 e. The van der Waals surface area contributed by atoms with Gasteiger partial charge in [0.15, 0.2) is 0 Å². The summed E-state index contributed by atoms with van der Waals surface area (Å²) in [6.45, 7) is 0. The first-order valence-corrected chi connectivity index (χ1v) is 7.73. The predicted octanol–water partition coefficient (Wildman–Crippen LogP) is 3.14. The molecule has 1 N–H and O–H groups in total. The Bertz CT molecular complexity index is 343. The molecule has 1 fully saturated rings. The number of halogens is 6. The van der Waals surface area contributed by atoms with Crippen LogP contribution >= 0.6 is 23.5 Å². The summed E-state index contributed by atoms with van der Waals surface area (Å²) in [6.07, 6.45) is -3.10. The molecule has 0 spiro atoms. The van der Waals surface area contributed by atoms with Crippen LogP contribution < -0.4 is 0 Å². The first kappa shape index (κ1) is 18.2. The Labute approximate surface area is 107 Å². The van der Waals surface area contributed by atoms with E-state index < -0.39 is 26.4 Å². The van der Waals surface area contributed by atoms with Gasteiger partial charge in [-0.05, 0) is 17.9 Å². The number of hydrogen-bond donors (Lipinski definition) is 1. The highest BCUT2D eigenvalue weighted by Crippen LogP contribution is 2.41. The molecule has 0 bridgehead atoms. The van der Waals surface area contributed by atoms with Crippen LogP contribution in [0.2, 0.25) is 0 Å². The van der Waals surface area contributed by atoms with Crippen molar-refractivity contribution < 1.29 is 39.3 Å². The summed E-state index contributed by atoms with van der Waals surface area (Å²) in [5, 5.41) is 0. The SMILES string of the molecule is FC(F)(F)C1SCCCS1.O=S(=O)(O)C(F)(F)F. The molecule has 110 valence electrons. The lowest BCUT2D eigenvalue weighted by molar-refractivity contribution is -0.112. The van der Waals surface area contributed by atoms with Crippen LogP contribution in [0.15, 0.2) is 0 Å². The maximum atomic E-state index is 11.9. The van der Waals surface area contributed by atoms with E-state index >= 15 is 0 Å². The van der Waals surface area contributed by atoms with Crippen molar-refractivity contribution in [1.29, 1.82) is 0 Å². The van der Waals surface area contributed by atoms with Gasteiger partial charge in [0.25, 0.3) is 0 Å². The molecule has 0 aromatic carbocycles. The molecule has 0 unspecified atom stereocenters. The van der Waals surface area contributed by atoms with Crippen molar-refractivity contribution in [1.82, 2.24) is 0 Å². The second-order valence-electron chi connectivity index (χ2n) is 2.89. The number of hydrogen-bond acceptors (Lipinski definition) is 4. The zero-order chi connectivity index (χ0) is 14.6. The van der Waals surface area contributed by atoms with Crippen LogP contribution in [0.3, 0.4) is 0 Å². The summed E-state index contributed by atoms with van der Waals surface area (Å²) < 4.78 is 92.1. The molecule has 1 aliphatic heterocycles. The predicted molar refractivity (Wildman–Crippen MR) is 57.0 cm³/mol. The number of thioether (sulfide) groups is 2. The van der Waals surface area contributed by atoms with Crippen molar-refractivity contribution in [3.63, 3.8) is 0 Å². The van der Waals surface area contributed by atoms with Crippen LogP contribution in [-0.2, 0) is 10.1 Å². The standard InChI is InChI=1S/C5H7F3S2.CHF3O3S/c6-5(7,8)4-9-2-1-3-10-4;2-1(3,4)8(5,6)7/h4H,1-3H2;(H,5,6,7). The van der Waals surface area contributed by atoms with Crippen LogP contribution in [0, 0.1) is 0 Å². The smallest absolute Gasteiger partial charge is 0.279 e. The number of rotatable bonds is 0. The van der Waals surface area contributed by atoms with Crippen molar-refractivity contribution in [3.05, 3.63) is 0 Å². The average Bonchev–Trinajstić information content (AvgIpc) is 2.15. The molecule has 0 aromatic rings. The van der Waals surface area contributed by atoms with Gasteiger partial charge < -0.3 is 0 Å². The first-order valence-electron chi connectivity index (χ1n) is 4.19. The molecular formula is C6H8F6O3S3. The minimum Gasteiger partial charge on any atom is -0.279 e. The Morgan fingerprint density at radius 1 is 1.00 bits per heavy atom. The Hall–Kier alpha value is 0.190. The normalized spacial score (nSPS) is 19.1. The van der Waals surface area contributed by atoms with Crippen LogP contribution in [0.1, 0.15) is 6.42 Å². The summed E-state index contributed by atoms with van der Waals surface area (Å²) in [5.41, 5.74) is -5.53. The van der Waals surface area contributed by atoms with E-state index in [0.29, 0.717) is 11.5 Å². The van der Waals surface area contributed by atoms with Gasteiger partial charge in [0.1, 0.15) is 4.58 Å². The van der Waals surface area contributed by atoms with Crippen molar-refractivity contribution >= 4 is 33.6 Å². The molecule has 3 nitrogen and oxygen atoms in total. The fourth-order valence-electron chi connectivity index (χ4n) is 0.677. The van der Waals surface area contributed by atoms with Crippen LogP contribution in [0.4, 0.5) is 26.3 Å². The van der Waals surface area contributed by atoms with E-state index in [1.807, 2.05) is 0 Å². The molecule has 1 saturated heterocycles. The number of alkyl halides is 6. The summed E-state index contributed by atoms with van der Waals surface area (Å²) in [7, 11) is -5.84. The highest BCUT2D eigenvalue weighted by Gasteiger charge is 2.44. The van der Waals surface area contributed by atoms with E-state index in [0.717, 1.165) is 29.9 Å². The minimum absolute atomic E-state index is 0.650. The van der Waals surface area contributed by atoms with Gasteiger partial charge in [-0.1, -0.05) is 0 Å². The van der Waals surface area contributed by atoms with Gasteiger partial charge in [0.05, 0.1) is 0 Å². The Balaban J connectivity index is 0.000000331. The fourth-order valence-corrected chi connectivity index (χ4v) is 3.25. The van der Waals surface area contributed by atoms with Gasteiger partial charge in [-0.15, -0.1) is 23.5 Å². The highest BCUT2D eigenvalue weighted by atomic mass is 32.2. The molecule has 0 atom stereocenters. The molecule has 1 rings (SSSR count). The van der Waals surface area contributed by atoms with Crippen molar-refractivity contribution in [3.8, 4) is 0 Å². The molecule has 0 saturated carbocycles. The molecule has 12 heteroatoms. The van der Waals surface area contributed by atoms with Crippen LogP contribution in [-0.4, -0.2) is 40.7 Å². The van der Waals surface area contributed by atoms with Gasteiger partial charge in [-0.3, -0.25) is 4.55 Å². The minimum atomic E-state index is -5.84. The van der Waals surface area contributed by atoms with Gasteiger partial charge in [0, 0.05) is 0 Å². The summed E-state index contributed by atoms with van der Waals surface area (Å²) >= 11 is 2.02. The summed E-state index contributed by atoms with van der Waals surface area (Å²) in [4.78, 5) is 0. The molecule has 0 amide bonds. The molecule has 0 aliphatic carbocycles. The lowest BCUT2D eigenvalue weighted by Gasteiger charge is -2.22. The second-order valence-corrected chi connectivity index (χ2v) is 7.03. The van der Waals surface area contributed by atoms with Gasteiger partial charge >= 0.3 is 21.8 Å². The van der Waals surface area contributed by atoms with Crippen molar-refractivity contribution in [2.45, 2.75) is 22.7 Å². The quantitative estimate of drug-likeness (QED) is 0.418. The summed E-state index contributed by atoms with van der Waals surface area (Å²) in [6, 6.07) is 0. The molecule has 1 heterocycles. The fraction of sp³-hybridized carbons (Fsp3) is 1.00. The van der Waals surface area contributed by atoms with E-state index in [1.54, 1.807) is 0 Å². The Morgan fingerprint density at radius 2 is 1.33 bits per heavy atom. The first-order chi connectivity index (χ1) is 7.86. The maximum absolute atomic E-state index is 11.9. The van der Waals surface area contributed by atoms with Crippen molar-refractivity contribution in [2.75, 3.05) is 11.5 Å². The summed E-state index contributed by atoms with van der Waals surface area (Å²) in [5.74, 6) is 1.30. The molecule has 0 radical (unpaired) electrons. The third kappa shape index (κ3) is 6.95. The van der Waals surface area contributed by atoms with Gasteiger partial charge in [-0.25, -0.2) is 0 Å². The van der Waals surface area contributed by atoms with Crippen LogP contribution in [0.5, 0.6) is 0 Å². The monoisotopic (exact) mass is 338 g/mol. The Morgan fingerprint density at radius 3 is 1.50 bits per heavy atom. The molecule has 0 aromatic heterocycles. The average molecular weight is 338 g/mol. The molecule has 18 heavy (non-hydrogen) atoms. The van der Waals surface area contributed by atoms with E-state index in [1.165, 1.54) is 0 Å². The lowest BCUT2D eigenvalue weighted by Crippen LogP contribution is -2.25. The van der Waals surface area contributed by atoms with Crippen molar-refractivity contribution in [2.24, 2.45) is 0 Å². The van der Waals surface area contributed by atoms with E-state index in [9.17, 15) is 26.3 Å². The topological polar surface area (TPSA) is 54.4 Å².